The largest absolute Gasteiger partial charge is 0.478 e. The molecule has 3 rings (SSSR count). The van der Waals surface area contributed by atoms with Gasteiger partial charge in [0.15, 0.2) is 0 Å². The number of carbonyl (C=O) groups excluding carboxylic acids is 1. The Morgan fingerprint density at radius 2 is 2.00 bits per heavy atom. The molecule has 7 heteroatoms. The van der Waals surface area contributed by atoms with Crippen molar-refractivity contribution in [1.82, 2.24) is 14.7 Å². The van der Waals surface area contributed by atoms with Gasteiger partial charge >= 0.3 is 5.97 Å². The van der Waals surface area contributed by atoms with Crippen molar-refractivity contribution < 1.29 is 14.7 Å². The van der Waals surface area contributed by atoms with Gasteiger partial charge in [-0.15, -0.1) is 0 Å². The van der Waals surface area contributed by atoms with E-state index in [2.05, 4.69) is 21.0 Å². The molecule has 1 amide bonds. The molecule has 24 heavy (non-hydrogen) atoms. The van der Waals surface area contributed by atoms with Crippen molar-refractivity contribution in [2.24, 2.45) is 0 Å². The molecule has 0 bridgehead atoms. The first-order valence-electron chi connectivity index (χ1n) is 7.78. The number of hydrogen-bond acceptors (Lipinski definition) is 3. The summed E-state index contributed by atoms with van der Waals surface area (Å²) >= 11 is 3.41. The second-order valence-corrected chi connectivity index (χ2v) is 6.91. The molecule has 1 aromatic carbocycles. The Hall–Kier alpha value is -2.15. The summed E-state index contributed by atoms with van der Waals surface area (Å²) in [5, 5.41) is 13.1. The van der Waals surface area contributed by atoms with E-state index < -0.39 is 5.97 Å². The van der Waals surface area contributed by atoms with Crippen LogP contribution in [0.25, 0.3) is 0 Å². The average molecular weight is 392 g/mol. The van der Waals surface area contributed by atoms with Crippen LogP contribution in [0.4, 0.5) is 0 Å². The maximum Gasteiger partial charge on any atom is 0.338 e. The molecule has 1 aromatic heterocycles. The number of carboxylic acid groups (broad SMARTS) is 1. The fraction of sp³-hybridized carbons (Fsp3) is 0.353. The van der Waals surface area contributed by atoms with Crippen LogP contribution in [0.5, 0.6) is 0 Å². The Morgan fingerprint density at radius 1 is 1.29 bits per heavy atom. The molecule has 126 valence electrons. The minimum absolute atomic E-state index is 0.0407. The number of benzene rings is 1. The summed E-state index contributed by atoms with van der Waals surface area (Å²) in [6.45, 7) is 3.21. The molecule has 0 unspecified atom stereocenters. The highest BCUT2D eigenvalue weighted by molar-refractivity contribution is 9.10. The van der Waals surface area contributed by atoms with Crippen molar-refractivity contribution in [1.29, 1.82) is 0 Å². The number of aromatic carboxylic acids is 1. The first kappa shape index (κ1) is 16.7. The van der Waals surface area contributed by atoms with E-state index >= 15 is 0 Å². The minimum Gasteiger partial charge on any atom is -0.478 e. The van der Waals surface area contributed by atoms with E-state index in [1.165, 1.54) is 6.20 Å². The Morgan fingerprint density at radius 3 is 2.62 bits per heavy atom. The van der Waals surface area contributed by atoms with E-state index in [1.807, 2.05) is 30.0 Å². The molecule has 6 nitrogen and oxygen atoms in total. The monoisotopic (exact) mass is 391 g/mol. The zero-order valence-electron chi connectivity index (χ0n) is 13.3. The van der Waals surface area contributed by atoms with Gasteiger partial charge in [-0.05, 0) is 37.5 Å². The number of carboxylic acids is 1. The molecule has 0 atom stereocenters. The lowest BCUT2D eigenvalue weighted by Crippen LogP contribution is -2.39. The van der Waals surface area contributed by atoms with Gasteiger partial charge in [-0.25, -0.2) is 4.79 Å². The molecule has 2 aromatic rings. The van der Waals surface area contributed by atoms with E-state index in [1.54, 1.807) is 10.9 Å². The Balaban J connectivity index is 1.67. The van der Waals surface area contributed by atoms with Crippen LogP contribution >= 0.6 is 15.9 Å². The Labute approximate surface area is 148 Å². The highest BCUT2D eigenvalue weighted by atomic mass is 79.9. The molecular formula is C17H18BrN3O3. The fourth-order valence-electron chi connectivity index (χ4n) is 2.98. The van der Waals surface area contributed by atoms with Gasteiger partial charge < -0.3 is 10.0 Å². The van der Waals surface area contributed by atoms with Crippen molar-refractivity contribution in [2.75, 3.05) is 13.1 Å². The van der Waals surface area contributed by atoms with Gasteiger partial charge in [0.05, 0.1) is 17.8 Å². The van der Waals surface area contributed by atoms with Gasteiger partial charge in [0.2, 0.25) is 0 Å². The maximum atomic E-state index is 12.7. The molecule has 0 spiro atoms. The third-order valence-electron chi connectivity index (χ3n) is 4.40. The van der Waals surface area contributed by atoms with E-state index in [9.17, 15) is 9.59 Å². The highest BCUT2D eigenvalue weighted by Crippen LogP contribution is 2.25. The van der Waals surface area contributed by atoms with Gasteiger partial charge in [-0.2, -0.15) is 5.10 Å². The number of nitrogens with zero attached hydrogens (tertiary/aromatic N) is 3. The van der Waals surface area contributed by atoms with Crippen molar-refractivity contribution in [3.63, 3.8) is 0 Å². The highest BCUT2D eigenvalue weighted by Gasteiger charge is 2.26. The first-order chi connectivity index (χ1) is 11.5. The van der Waals surface area contributed by atoms with Gasteiger partial charge in [0.1, 0.15) is 0 Å². The number of likely N-dealkylation sites (tertiary alicyclic amines) is 1. The standard InChI is InChI=1S/C17H18BrN3O3/c1-11-2-3-13(18)8-15(11)16(22)20-6-4-14(5-7-20)21-10-12(9-19-21)17(23)24/h2-3,8-10,14H,4-7H2,1H3,(H,23,24). The van der Waals surface area contributed by atoms with Crippen molar-refractivity contribution in [3.05, 3.63) is 51.8 Å². The number of aryl methyl sites for hydroxylation is 1. The lowest BCUT2D eigenvalue weighted by molar-refractivity contribution is 0.0687. The lowest BCUT2D eigenvalue weighted by Gasteiger charge is -2.32. The second kappa shape index (κ2) is 6.76. The number of piperidine rings is 1. The summed E-state index contributed by atoms with van der Waals surface area (Å²) in [6.07, 6.45) is 4.45. The summed E-state index contributed by atoms with van der Waals surface area (Å²) in [5.74, 6) is -0.932. The number of hydrogen-bond donors (Lipinski definition) is 1. The Kier molecular flexibility index (Phi) is 4.71. The first-order valence-corrected chi connectivity index (χ1v) is 8.58. The third kappa shape index (κ3) is 3.36. The van der Waals surface area contributed by atoms with Crippen LogP contribution in [0.2, 0.25) is 0 Å². The fourth-order valence-corrected chi connectivity index (χ4v) is 3.34. The van der Waals surface area contributed by atoms with Crippen LogP contribution in [-0.4, -0.2) is 44.8 Å². The van der Waals surface area contributed by atoms with Gasteiger partial charge in [-0.1, -0.05) is 22.0 Å². The summed E-state index contributed by atoms with van der Waals surface area (Å²) in [5.41, 5.74) is 1.87. The van der Waals surface area contributed by atoms with Crippen LogP contribution in [0.3, 0.4) is 0 Å². The zero-order chi connectivity index (χ0) is 17.3. The Bertz CT molecular complexity index is 779. The normalized spacial score (nSPS) is 15.5. The van der Waals surface area contributed by atoms with Crippen molar-refractivity contribution in [3.8, 4) is 0 Å². The molecule has 0 radical (unpaired) electrons. The molecule has 1 aliphatic heterocycles. The molecule has 0 aliphatic carbocycles. The summed E-state index contributed by atoms with van der Waals surface area (Å²) in [6, 6.07) is 5.85. The molecule has 2 heterocycles. The molecule has 1 aliphatic rings. The molecule has 0 saturated carbocycles. The topological polar surface area (TPSA) is 75.4 Å². The van der Waals surface area contributed by atoms with E-state index in [0.717, 1.165) is 28.4 Å². The quantitative estimate of drug-likeness (QED) is 0.871. The van der Waals surface area contributed by atoms with Gasteiger partial charge in [0.25, 0.3) is 5.91 Å². The van der Waals surface area contributed by atoms with E-state index in [-0.39, 0.29) is 17.5 Å². The second-order valence-electron chi connectivity index (χ2n) is 6.00. The number of rotatable bonds is 3. The van der Waals surface area contributed by atoms with Crippen LogP contribution in [0.1, 0.15) is 45.2 Å². The van der Waals surface area contributed by atoms with E-state index in [4.69, 9.17) is 5.11 Å². The number of amides is 1. The van der Waals surface area contributed by atoms with E-state index in [0.29, 0.717) is 13.1 Å². The van der Waals surface area contributed by atoms with Crippen molar-refractivity contribution in [2.45, 2.75) is 25.8 Å². The van der Waals surface area contributed by atoms with Crippen LogP contribution in [-0.2, 0) is 0 Å². The third-order valence-corrected chi connectivity index (χ3v) is 4.90. The molecule has 1 saturated heterocycles. The number of carbonyl (C=O) groups is 2. The lowest BCUT2D eigenvalue weighted by atomic mass is 10.0. The molecule has 1 N–H and O–H groups in total. The molecule has 1 fully saturated rings. The van der Waals surface area contributed by atoms with Gasteiger partial charge in [0, 0.05) is 29.3 Å². The number of aromatic nitrogens is 2. The van der Waals surface area contributed by atoms with Gasteiger partial charge in [-0.3, -0.25) is 9.48 Å². The zero-order valence-corrected chi connectivity index (χ0v) is 14.9. The van der Waals surface area contributed by atoms with Crippen LogP contribution < -0.4 is 0 Å². The molecular weight excluding hydrogens is 374 g/mol. The maximum absolute atomic E-state index is 12.7. The SMILES string of the molecule is Cc1ccc(Br)cc1C(=O)N1CCC(n2cc(C(=O)O)cn2)CC1. The average Bonchev–Trinajstić information content (AvgIpc) is 3.07. The number of halogens is 1. The predicted octanol–water partition coefficient (Wildman–Crippen LogP) is 3.13. The smallest absolute Gasteiger partial charge is 0.338 e. The van der Waals surface area contributed by atoms with Crippen LogP contribution in [0.15, 0.2) is 35.1 Å². The van der Waals surface area contributed by atoms with Crippen molar-refractivity contribution >= 4 is 27.8 Å². The summed E-state index contributed by atoms with van der Waals surface area (Å²) < 4.78 is 2.60. The minimum atomic E-state index is -0.973. The summed E-state index contributed by atoms with van der Waals surface area (Å²) in [7, 11) is 0. The predicted molar refractivity (Wildman–Crippen MR) is 92.2 cm³/mol. The van der Waals surface area contributed by atoms with Crippen LogP contribution in [0, 0.1) is 6.92 Å². The summed E-state index contributed by atoms with van der Waals surface area (Å²) in [4.78, 5) is 25.5.